The molecule has 1 aromatic carbocycles. The van der Waals surface area contributed by atoms with Crippen molar-refractivity contribution in [3.63, 3.8) is 0 Å². The number of aliphatic carboxylic acids is 1. The number of phenolic OH excluding ortho intramolecular Hbond substituents is 1. The smallest absolute Gasteiger partial charge is 0.325 e. The van der Waals surface area contributed by atoms with Gasteiger partial charge >= 0.3 is 5.97 Å². The number of hydrogen-bond acceptors (Lipinski definition) is 6. The van der Waals surface area contributed by atoms with Crippen LogP contribution in [0.4, 0.5) is 0 Å². The number of rotatable bonds is 5. The number of nitrogens with one attached hydrogen (secondary N) is 1. The molecule has 0 aliphatic carbocycles. The van der Waals surface area contributed by atoms with Gasteiger partial charge in [0.1, 0.15) is 22.2 Å². The molecule has 3 N–H and O–H groups in total. The summed E-state index contributed by atoms with van der Waals surface area (Å²) in [5.74, 6) is -2.24. The minimum atomic E-state index is -1.18. The van der Waals surface area contributed by atoms with Gasteiger partial charge in [-0.1, -0.05) is 42.2 Å². The van der Waals surface area contributed by atoms with Gasteiger partial charge in [-0.05, 0) is 26.0 Å². The molecule has 0 bridgehead atoms. The third kappa shape index (κ3) is 4.18. The summed E-state index contributed by atoms with van der Waals surface area (Å²) < 4.78 is 0.192. The number of carbonyl (C=O) groups excluding carboxylic acids is 2. The van der Waals surface area contributed by atoms with Crippen molar-refractivity contribution in [1.29, 1.82) is 0 Å². The molecule has 132 valence electrons. The number of amides is 2. The number of thioether (sulfide) groups is 1. The van der Waals surface area contributed by atoms with Crippen molar-refractivity contribution in [3.05, 3.63) is 34.7 Å². The van der Waals surface area contributed by atoms with Crippen molar-refractivity contribution >= 4 is 52.2 Å². The second-order valence-corrected chi connectivity index (χ2v) is 7.03. The van der Waals surface area contributed by atoms with Crippen LogP contribution in [0, 0.1) is 0 Å². The lowest BCUT2D eigenvalue weighted by molar-refractivity contribution is -0.142. The molecule has 0 spiro atoms. The summed E-state index contributed by atoms with van der Waals surface area (Å²) in [5.41, 5.74) is 0.458. The van der Waals surface area contributed by atoms with E-state index in [0.29, 0.717) is 5.56 Å². The van der Waals surface area contributed by atoms with Crippen LogP contribution in [0.15, 0.2) is 29.2 Å². The summed E-state index contributed by atoms with van der Waals surface area (Å²) in [5, 5.41) is 21.0. The summed E-state index contributed by atoms with van der Waals surface area (Å²) in [7, 11) is 0. The molecule has 7 nitrogen and oxygen atoms in total. The molecule has 1 heterocycles. The Hall–Kier alpha value is -2.39. The minimum absolute atomic E-state index is 0.0221. The fraction of sp³-hybridized carbons (Fsp3) is 0.250. The Morgan fingerprint density at radius 3 is 2.56 bits per heavy atom. The normalized spacial score (nSPS) is 18.3. The van der Waals surface area contributed by atoms with Crippen LogP contribution in [0.2, 0.25) is 0 Å². The molecule has 1 saturated heterocycles. The Labute approximate surface area is 153 Å². The molecule has 1 fully saturated rings. The standard InChI is InChI=1S/C16H16N2O5S2/c1-8(15(22)23)17-13(20)9(2)18-14(21)12(25-16(18)24)7-10-5-3-4-6-11(10)19/h3-9,19H,1-2H3,(H,17,20)(H,22,23)/b12-7-. The number of benzene rings is 1. The highest BCUT2D eigenvalue weighted by Gasteiger charge is 2.38. The van der Waals surface area contributed by atoms with E-state index < -0.39 is 29.9 Å². The Morgan fingerprint density at radius 1 is 1.32 bits per heavy atom. The second kappa shape index (κ2) is 7.66. The first-order chi connectivity index (χ1) is 11.7. The Kier molecular flexibility index (Phi) is 5.81. The summed E-state index contributed by atoms with van der Waals surface area (Å²) in [6.45, 7) is 2.80. The number of carboxylic acids is 1. The van der Waals surface area contributed by atoms with Crippen molar-refractivity contribution in [3.8, 4) is 5.75 Å². The molecule has 2 atom stereocenters. The van der Waals surface area contributed by atoms with Gasteiger partial charge < -0.3 is 15.5 Å². The number of hydrogen-bond donors (Lipinski definition) is 3. The van der Waals surface area contributed by atoms with Crippen molar-refractivity contribution in [2.45, 2.75) is 25.9 Å². The molecule has 2 unspecified atom stereocenters. The average molecular weight is 380 g/mol. The highest BCUT2D eigenvalue weighted by atomic mass is 32.2. The van der Waals surface area contributed by atoms with Crippen molar-refractivity contribution in [2.24, 2.45) is 0 Å². The highest BCUT2D eigenvalue weighted by Crippen LogP contribution is 2.35. The van der Waals surface area contributed by atoms with Crippen LogP contribution in [0.25, 0.3) is 6.08 Å². The van der Waals surface area contributed by atoms with Gasteiger partial charge in [0.2, 0.25) is 5.91 Å². The first-order valence-electron chi connectivity index (χ1n) is 7.30. The molecule has 9 heteroatoms. The molecule has 0 radical (unpaired) electrons. The zero-order valence-corrected chi connectivity index (χ0v) is 15.1. The van der Waals surface area contributed by atoms with Crippen LogP contribution in [-0.2, 0) is 14.4 Å². The predicted molar refractivity (Wildman–Crippen MR) is 97.8 cm³/mol. The number of thiocarbonyl (C=S) groups is 1. The molecule has 1 aromatic rings. The van der Waals surface area contributed by atoms with Crippen LogP contribution >= 0.6 is 24.0 Å². The van der Waals surface area contributed by atoms with E-state index in [0.717, 1.165) is 16.7 Å². The third-order valence-electron chi connectivity index (χ3n) is 3.54. The number of carboxylic acid groups (broad SMARTS) is 1. The SMILES string of the molecule is CC(NC(=O)C(C)N1C(=O)/C(=C/c2ccccc2O)SC1=S)C(=O)O. The van der Waals surface area contributed by atoms with E-state index in [1.165, 1.54) is 26.0 Å². The summed E-state index contributed by atoms with van der Waals surface area (Å²) in [6.07, 6.45) is 1.50. The van der Waals surface area contributed by atoms with Crippen LogP contribution in [0.3, 0.4) is 0 Å². The van der Waals surface area contributed by atoms with E-state index in [1.54, 1.807) is 18.2 Å². The molecule has 0 aromatic heterocycles. The maximum Gasteiger partial charge on any atom is 0.325 e. The molecule has 2 rings (SSSR count). The maximum absolute atomic E-state index is 12.6. The quantitative estimate of drug-likeness (QED) is 0.526. The lowest BCUT2D eigenvalue weighted by Gasteiger charge is -2.23. The van der Waals surface area contributed by atoms with E-state index in [-0.39, 0.29) is 15.0 Å². The van der Waals surface area contributed by atoms with E-state index in [2.05, 4.69) is 5.32 Å². The first kappa shape index (κ1) is 18.9. The van der Waals surface area contributed by atoms with Crippen LogP contribution in [0.1, 0.15) is 19.4 Å². The molecule has 2 amide bonds. The van der Waals surface area contributed by atoms with Crippen molar-refractivity contribution in [2.75, 3.05) is 0 Å². The van der Waals surface area contributed by atoms with E-state index in [9.17, 15) is 19.5 Å². The van der Waals surface area contributed by atoms with Crippen molar-refractivity contribution in [1.82, 2.24) is 10.2 Å². The molecule has 1 aliphatic rings. The Bertz CT molecular complexity index is 778. The molecular formula is C16H16N2O5S2. The van der Waals surface area contributed by atoms with Crippen LogP contribution in [-0.4, -0.2) is 49.3 Å². The summed E-state index contributed by atoms with van der Waals surface area (Å²) in [6, 6.07) is 4.49. The van der Waals surface area contributed by atoms with Gasteiger partial charge in [-0.3, -0.25) is 19.3 Å². The second-order valence-electron chi connectivity index (χ2n) is 5.36. The number of carbonyl (C=O) groups is 3. The lowest BCUT2D eigenvalue weighted by atomic mass is 10.2. The number of nitrogens with zero attached hydrogens (tertiary/aromatic N) is 1. The molecular weight excluding hydrogens is 364 g/mol. The number of para-hydroxylation sites is 1. The number of aromatic hydroxyl groups is 1. The molecule has 25 heavy (non-hydrogen) atoms. The highest BCUT2D eigenvalue weighted by molar-refractivity contribution is 8.26. The maximum atomic E-state index is 12.6. The monoisotopic (exact) mass is 380 g/mol. The fourth-order valence-electron chi connectivity index (χ4n) is 2.08. The first-order valence-corrected chi connectivity index (χ1v) is 8.53. The Balaban J connectivity index is 2.19. The third-order valence-corrected chi connectivity index (χ3v) is 4.87. The average Bonchev–Trinajstić information content (AvgIpc) is 2.82. The van der Waals surface area contributed by atoms with Crippen LogP contribution < -0.4 is 5.32 Å². The zero-order chi connectivity index (χ0) is 18.7. The van der Waals surface area contributed by atoms with Gasteiger partial charge in [0.25, 0.3) is 5.91 Å². The van der Waals surface area contributed by atoms with E-state index >= 15 is 0 Å². The fourth-order valence-corrected chi connectivity index (χ4v) is 3.49. The summed E-state index contributed by atoms with van der Waals surface area (Å²) in [4.78, 5) is 37.0. The molecule has 0 saturated carbocycles. The Morgan fingerprint density at radius 2 is 1.96 bits per heavy atom. The van der Waals surface area contributed by atoms with Crippen LogP contribution in [0.5, 0.6) is 5.75 Å². The van der Waals surface area contributed by atoms with Gasteiger partial charge in [0.15, 0.2) is 0 Å². The van der Waals surface area contributed by atoms with Crippen molar-refractivity contribution < 1.29 is 24.6 Å². The van der Waals surface area contributed by atoms with Gasteiger partial charge in [0.05, 0.1) is 4.91 Å². The summed E-state index contributed by atoms with van der Waals surface area (Å²) >= 11 is 6.19. The zero-order valence-electron chi connectivity index (χ0n) is 13.4. The van der Waals surface area contributed by atoms with E-state index in [4.69, 9.17) is 17.3 Å². The minimum Gasteiger partial charge on any atom is -0.507 e. The van der Waals surface area contributed by atoms with Gasteiger partial charge in [-0.15, -0.1) is 0 Å². The molecule has 1 aliphatic heterocycles. The topological polar surface area (TPSA) is 107 Å². The largest absolute Gasteiger partial charge is 0.507 e. The van der Waals surface area contributed by atoms with Gasteiger partial charge in [0, 0.05) is 5.56 Å². The van der Waals surface area contributed by atoms with E-state index in [1.807, 2.05) is 0 Å². The lowest BCUT2D eigenvalue weighted by Crippen LogP contribution is -2.50. The predicted octanol–water partition coefficient (Wildman–Crippen LogP) is 1.57. The van der Waals surface area contributed by atoms with Gasteiger partial charge in [-0.25, -0.2) is 0 Å². The number of phenols is 1. The van der Waals surface area contributed by atoms with Gasteiger partial charge in [-0.2, -0.15) is 0 Å².